The number of rotatable bonds is 1. The quantitative estimate of drug-likeness (QED) is 0.529. The standard InChI is InChI=1S/C29H27N3O/c1-32-27(31)18-29(33-32)26-15-23(22-9-4-6-20(14-22)19-30)11-12-25(26)17-28(29)13-5-10-21-7-2-3-8-24(21)16-28/h2-4,6-9,11-12,14-15,31H,5,10,13,16-18H2,1H3. The van der Waals surface area contributed by atoms with Crippen molar-refractivity contribution >= 4 is 5.84 Å². The second-order valence-electron chi connectivity index (χ2n) is 9.86. The molecule has 0 bridgehead atoms. The molecule has 1 N–H and O–H groups in total. The van der Waals surface area contributed by atoms with Crippen molar-refractivity contribution in [1.82, 2.24) is 5.06 Å². The maximum absolute atomic E-state index is 9.36. The van der Waals surface area contributed by atoms with Gasteiger partial charge in [-0.05, 0) is 83.7 Å². The summed E-state index contributed by atoms with van der Waals surface area (Å²) in [5.74, 6) is 0.539. The van der Waals surface area contributed by atoms with Crippen molar-refractivity contribution in [1.29, 1.82) is 10.7 Å². The normalized spacial score (nSPS) is 25.7. The van der Waals surface area contributed by atoms with E-state index in [2.05, 4.69) is 54.6 Å². The minimum absolute atomic E-state index is 0.0773. The molecule has 1 saturated heterocycles. The molecule has 164 valence electrons. The third-order valence-electron chi connectivity index (χ3n) is 8.09. The van der Waals surface area contributed by atoms with Gasteiger partial charge in [0.2, 0.25) is 0 Å². The van der Waals surface area contributed by atoms with Crippen LogP contribution in [-0.4, -0.2) is 17.9 Å². The van der Waals surface area contributed by atoms with E-state index < -0.39 is 5.60 Å². The Bertz CT molecular complexity index is 1320. The predicted octanol–water partition coefficient (Wildman–Crippen LogP) is 5.79. The average Bonchev–Trinajstić information content (AvgIpc) is 3.18. The molecule has 0 aromatic heterocycles. The van der Waals surface area contributed by atoms with E-state index >= 15 is 0 Å². The number of hydrogen-bond acceptors (Lipinski definition) is 3. The lowest BCUT2D eigenvalue weighted by Gasteiger charge is -2.42. The van der Waals surface area contributed by atoms with Gasteiger partial charge in [-0.2, -0.15) is 5.26 Å². The topological polar surface area (TPSA) is 60.1 Å². The third-order valence-corrected chi connectivity index (χ3v) is 8.09. The van der Waals surface area contributed by atoms with Crippen LogP contribution in [0.5, 0.6) is 0 Å². The minimum atomic E-state index is -0.533. The van der Waals surface area contributed by atoms with Crippen molar-refractivity contribution in [2.24, 2.45) is 5.41 Å². The van der Waals surface area contributed by atoms with Crippen LogP contribution in [0.3, 0.4) is 0 Å². The van der Waals surface area contributed by atoms with Gasteiger partial charge in [0.1, 0.15) is 11.4 Å². The van der Waals surface area contributed by atoms with Gasteiger partial charge in [-0.3, -0.25) is 10.2 Å². The Morgan fingerprint density at radius 1 is 0.909 bits per heavy atom. The van der Waals surface area contributed by atoms with Crippen LogP contribution in [0.1, 0.15) is 47.1 Å². The summed E-state index contributed by atoms with van der Waals surface area (Å²) in [6.45, 7) is 0. The second kappa shape index (κ2) is 7.30. The highest BCUT2D eigenvalue weighted by Gasteiger charge is 2.63. The number of nitrogens with one attached hydrogen (secondary N) is 1. The molecule has 4 nitrogen and oxygen atoms in total. The Morgan fingerprint density at radius 3 is 2.48 bits per heavy atom. The number of amidine groups is 1. The number of benzene rings is 3. The summed E-state index contributed by atoms with van der Waals surface area (Å²) in [6, 6.07) is 25.6. The molecule has 3 aliphatic rings. The van der Waals surface area contributed by atoms with E-state index in [1.807, 2.05) is 25.2 Å². The van der Waals surface area contributed by atoms with E-state index in [4.69, 9.17) is 10.2 Å². The molecule has 2 unspecified atom stereocenters. The van der Waals surface area contributed by atoms with Crippen molar-refractivity contribution < 1.29 is 4.84 Å². The number of hydroxylamine groups is 2. The molecule has 33 heavy (non-hydrogen) atoms. The van der Waals surface area contributed by atoms with E-state index in [0.717, 1.165) is 43.2 Å². The Kier molecular flexibility index (Phi) is 4.47. The molecule has 0 radical (unpaired) electrons. The van der Waals surface area contributed by atoms with Crippen LogP contribution in [0.4, 0.5) is 0 Å². The van der Waals surface area contributed by atoms with Gasteiger partial charge in [0.15, 0.2) is 0 Å². The molecular weight excluding hydrogens is 406 g/mol. The second-order valence-corrected chi connectivity index (χ2v) is 9.86. The number of aryl methyl sites for hydroxylation is 1. The van der Waals surface area contributed by atoms with Crippen molar-refractivity contribution in [2.45, 2.75) is 44.1 Å². The molecule has 2 spiro atoms. The van der Waals surface area contributed by atoms with Crippen molar-refractivity contribution in [3.8, 4) is 17.2 Å². The van der Waals surface area contributed by atoms with Crippen LogP contribution in [0.25, 0.3) is 11.1 Å². The van der Waals surface area contributed by atoms with E-state index in [-0.39, 0.29) is 5.41 Å². The van der Waals surface area contributed by atoms with E-state index in [1.165, 1.54) is 22.3 Å². The van der Waals surface area contributed by atoms with Gasteiger partial charge < -0.3 is 0 Å². The van der Waals surface area contributed by atoms with Crippen LogP contribution >= 0.6 is 0 Å². The first-order chi connectivity index (χ1) is 16.0. The molecule has 0 amide bonds. The summed E-state index contributed by atoms with van der Waals surface area (Å²) in [6.07, 6.45) is 5.85. The first-order valence-electron chi connectivity index (χ1n) is 11.7. The molecule has 2 aliphatic carbocycles. The Hall–Kier alpha value is -3.42. The summed E-state index contributed by atoms with van der Waals surface area (Å²) in [7, 11) is 1.87. The van der Waals surface area contributed by atoms with E-state index in [1.54, 1.807) is 5.06 Å². The average molecular weight is 434 g/mol. The molecule has 1 aliphatic heterocycles. The molecule has 1 fully saturated rings. The van der Waals surface area contributed by atoms with Gasteiger partial charge >= 0.3 is 0 Å². The molecule has 3 aromatic rings. The van der Waals surface area contributed by atoms with Gasteiger partial charge in [-0.25, -0.2) is 5.06 Å². The maximum Gasteiger partial charge on any atom is 0.135 e. The predicted molar refractivity (Wildman–Crippen MR) is 129 cm³/mol. The lowest BCUT2D eigenvalue weighted by molar-refractivity contribution is -0.216. The Balaban J connectivity index is 1.52. The first-order valence-corrected chi connectivity index (χ1v) is 11.7. The van der Waals surface area contributed by atoms with E-state index in [9.17, 15) is 5.26 Å². The maximum atomic E-state index is 9.36. The molecular formula is C29H27N3O. The smallest absolute Gasteiger partial charge is 0.135 e. The monoisotopic (exact) mass is 433 g/mol. The summed E-state index contributed by atoms with van der Waals surface area (Å²) < 4.78 is 0. The van der Waals surface area contributed by atoms with Gasteiger partial charge in [0.05, 0.1) is 11.6 Å². The summed E-state index contributed by atoms with van der Waals surface area (Å²) in [5.41, 5.74) is 7.62. The highest BCUT2D eigenvalue weighted by atomic mass is 16.7. The zero-order valence-corrected chi connectivity index (χ0v) is 18.9. The molecule has 6 rings (SSSR count). The van der Waals surface area contributed by atoms with Gasteiger partial charge in [-0.1, -0.05) is 48.5 Å². The molecule has 0 saturated carbocycles. The Morgan fingerprint density at radius 2 is 1.70 bits per heavy atom. The van der Waals surface area contributed by atoms with Gasteiger partial charge in [-0.15, -0.1) is 0 Å². The van der Waals surface area contributed by atoms with Crippen LogP contribution in [-0.2, 0) is 29.7 Å². The van der Waals surface area contributed by atoms with Crippen molar-refractivity contribution in [3.05, 3.63) is 94.5 Å². The zero-order chi connectivity index (χ0) is 22.6. The van der Waals surface area contributed by atoms with Crippen LogP contribution in [0.2, 0.25) is 0 Å². The fourth-order valence-electron chi connectivity index (χ4n) is 6.48. The van der Waals surface area contributed by atoms with Crippen molar-refractivity contribution in [3.63, 3.8) is 0 Å². The van der Waals surface area contributed by atoms with Crippen molar-refractivity contribution in [2.75, 3.05) is 7.05 Å². The lowest BCUT2D eigenvalue weighted by Crippen LogP contribution is -2.44. The fraction of sp³-hybridized carbons (Fsp3) is 0.310. The summed E-state index contributed by atoms with van der Waals surface area (Å²) in [5, 5.41) is 19.7. The van der Waals surface area contributed by atoms with Crippen LogP contribution in [0, 0.1) is 22.2 Å². The van der Waals surface area contributed by atoms with Crippen LogP contribution < -0.4 is 0 Å². The summed E-state index contributed by atoms with van der Waals surface area (Å²) >= 11 is 0. The Labute approximate surface area is 194 Å². The summed E-state index contributed by atoms with van der Waals surface area (Å²) in [4.78, 5) is 6.70. The van der Waals surface area contributed by atoms with Gasteiger partial charge in [0.25, 0.3) is 0 Å². The minimum Gasteiger partial charge on any atom is -0.287 e. The lowest BCUT2D eigenvalue weighted by atomic mass is 9.65. The zero-order valence-electron chi connectivity index (χ0n) is 18.9. The number of fused-ring (bicyclic) bond motifs is 4. The molecule has 1 heterocycles. The first kappa shape index (κ1) is 20.2. The number of hydrogen-bond donors (Lipinski definition) is 1. The number of nitrogens with zero attached hydrogens (tertiary/aromatic N) is 2. The fourth-order valence-corrected chi connectivity index (χ4v) is 6.48. The highest BCUT2D eigenvalue weighted by Crippen LogP contribution is 2.62. The van der Waals surface area contributed by atoms with E-state index in [0.29, 0.717) is 17.8 Å². The van der Waals surface area contributed by atoms with Gasteiger partial charge in [0, 0.05) is 18.9 Å². The molecule has 4 heteroatoms. The molecule has 2 atom stereocenters. The third kappa shape index (κ3) is 2.96. The SMILES string of the molecule is CN1OC2(CC1=N)c1cc(-c3cccc(C#N)c3)ccc1CC21CCCc2ccccc2C1. The van der Waals surface area contributed by atoms with Crippen LogP contribution in [0.15, 0.2) is 66.7 Å². The molecule has 3 aromatic carbocycles. The number of nitriles is 1. The highest BCUT2D eigenvalue weighted by molar-refractivity contribution is 5.82. The largest absolute Gasteiger partial charge is 0.287 e.